The van der Waals surface area contributed by atoms with Crippen LogP contribution in [-0.2, 0) is 14.8 Å². The van der Waals surface area contributed by atoms with Crippen LogP contribution in [0.5, 0.6) is 5.75 Å². The molecule has 0 N–H and O–H groups in total. The standard InChI is InChI=1S/C21H25ClN2O4S/c1-28-19-9-11-20(12-10-19)29(26,27)24(18-8-6-7-17(22)15-18)16-21(25)23-13-4-2-3-5-14-23/h6-12,15H,2-5,13-14,16H2,1H3. The minimum Gasteiger partial charge on any atom is -0.497 e. The van der Waals surface area contributed by atoms with Crippen LogP contribution >= 0.6 is 11.6 Å². The van der Waals surface area contributed by atoms with Gasteiger partial charge in [0.1, 0.15) is 12.3 Å². The molecule has 0 bridgehead atoms. The van der Waals surface area contributed by atoms with Crippen LogP contribution in [0.25, 0.3) is 0 Å². The van der Waals surface area contributed by atoms with Crippen molar-refractivity contribution in [1.29, 1.82) is 0 Å². The molecule has 1 saturated heterocycles. The first kappa shape index (κ1) is 21.5. The highest BCUT2D eigenvalue weighted by Gasteiger charge is 2.29. The van der Waals surface area contributed by atoms with E-state index in [1.165, 1.54) is 19.2 Å². The highest BCUT2D eigenvalue weighted by Crippen LogP contribution is 2.27. The average Bonchev–Trinajstić information content (AvgIpc) is 3.01. The predicted octanol–water partition coefficient (Wildman–Crippen LogP) is 3.95. The summed E-state index contributed by atoms with van der Waals surface area (Å²) in [5, 5.41) is 0.402. The molecule has 1 amide bonds. The fourth-order valence-electron chi connectivity index (χ4n) is 3.36. The Morgan fingerprint density at radius 2 is 1.72 bits per heavy atom. The summed E-state index contributed by atoms with van der Waals surface area (Å²) in [5.74, 6) is 0.350. The van der Waals surface area contributed by atoms with Gasteiger partial charge in [-0.1, -0.05) is 30.5 Å². The molecule has 156 valence electrons. The van der Waals surface area contributed by atoms with E-state index in [0.29, 0.717) is 29.5 Å². The summed E-state index contributed by atoms with van der Waals surface area (Å²) in [4.78, 5) is 14.8. The molecule has 2 aromatic rings. The number of carbonyl (C=O) groups excluding carboxylic acids is 1. The van der Waals surface area contributed by atoms with Crippen molar-refractivity contribution in [3.8, 4) is 5.75 Å². The van der Waals surface area contributed by atoms with Gasteiger partial charge in [-0.3, -0.25) is 9.10 Å². The zero-order valence-corrected chi connectivity index (χ0v) is 18.0. The van der Waals surface area contributed by atoms with Gasteiger partial charge in [0.05, 0.1) is 17.7 Å². The van der Waals surface area contributed by atoms with E-state index in [4.69, 9.17) is 16.3 Å². The number of halogens is 1. The number of amides is 1. The lowest BCUT2D eigenvalue weighted by atomic mass is 10.2. The lowest BCUT2D eigenvalue weighted by molar-refractivity contribution is -0.129. The second-order valence-electron chi connectivity index (χ2n) is 6.96. The average molecular weight is 437 g/mol. The van der Waals surface area contributed by atoms with Gasteiger partial charge < -0.3 is 9.64 Å². The van der Waals surface area contributed by atoms with Crippen molar-refractivity contribution in [2.24, 2.45) is 0 Å². The third kappa shape index (κ3) is 5.22. The van der Waals surface area contributed by atoms with E-state index in [2.05, 4.69) is 0 Å². The number of benzene rings is 2. The topological polar surface area (TPSA) is 66.9 Å². The SMILES string of the molecule is COc1ccc(S(=O)(=O)N(CC(=O)N2CCCCCC2)c2cccc(Cl)c2)cc1. The Labute approximate surface area is 177 Å². The fourth-order valence-corrected chi connectivity index (χ4v) is 4.95. The highest BCUT2D eigenvalue weighted by molar-refractivity contribution is 7.92. The number of methoxy groups -OCH3 is 1. The van der Waals surface area contributed by atoms with Crippen LogP contribution in [-0.4, -0.2) is 46.0 Å². The van der Waals surface area contributed by atoms with E-state index in [1.54, 1.807) is 41.3 Å². The van der Waals surface area contributed by atoms with Gasteiger partial charge in [0.2, 0.25) is 5.91 Å². The molecule has 0 saturated carbocycles. The van der Waals surface area contributed by atoms with Gasteiger partial charge in [-0.2, -0.15) is 0 Å². The molecule has 0 spiro atoms. The summed E-state index contributed by atoms with van der Waals surface area (Å²) >= 11 is 6.10. The number of rotatable bonds is 6. The molecule has 1 fully saturated rings. The minimum atomic E-state index is -3.97. The number of sulfonamides is 1. The van der Waals surface area contributed by atoms with Gasteiger partial charge in [-0.25, -0.2) is 8.42 Å². The molecule has 1 heterocycles. The Kier molecular flexibility index (Phi) is 7.03. The molecule has 3 rings (SSSR count). The fraction of sp³-hybridized carbons (Fsp3) is 0.381. The summed E-state index contributed by atoms with van der Waals surface area (Å²) in [5.41, 5.74) is 0.358. The van der Waals surface area contributed by atoms with Crippen LogP contribution in [0, 0.1) is 0 Å². The van der Waals surface area contributed by atoms with E-state index in [1.807, 2.05) is 0 Å². The number of carbonyl (C=O) groups is 1. The van der Waals surface area contributed by atoms with Crippen LogP contribution in [0.3, 0.4) is 0 Å². The molecule has 6 nitrogen and oxygen atoms in total. The van der Waals surface area contributed by atoms with Crippen molar-refractivity contribution < 1.29 is 17.9 Å². The van der Waals surface area contributed by atoms with Crippen molar-refractivity contribution in [3.63, 3.8) is 0 Å². The molecule has 8 heteroatoms. The molecular weight excluding hydrogens is 412 g/mol. The molecule has 29 heavy (non-hydrogen) atoms. The van der Waals surface area contributed by atoms with E-state index >= 15 is 0 Å². The summed E-state index contributed by atoms with van der Waals surface area (Å²) in [6.07, 6.45) is 4.06. The number of anilines is 1. The maximum absolute atomic E-state index is 13.4. The third-order valence-electron chi connectivity index (χ3n) is 4.98. The molecule has 1 aliphatic rings. The van der Waals surface area contributed by atoms with Crippen LogP contribution in [0.1, 0.15) is 25.7 Å². The Balaban J connectivity index is 1.94. The van der Waals surface area contributed by atoms with E-state index in [0.717, 1.165) is 30.0 Å². The van der Waals surface area contributed by atoms with Crippen molar-refractivity contribution in [3.05, 3.63) is 53.6 Å². The van der Waals surface area contributed by atoms with Gasteiger partial charge in [0.25, 0.3) is 10.0 Å². The molecular formula is C21H25ClN2O4S. The first-order chi connectivity index (χ1) is 13.9. The van der Waals surface area contributed by atoms with Gasteiger partial charge in [-0.05, 0) is 55.3 Å². The van der Waals surface area contributed by atoms with Crippen molar-refractivity contribution >= 4 is 33.2 Å². The maximum atomic E-state index is 13.4. The van der Waals surface area contributed by atoms with Crippen molar-refractivity contribution in [2.45, 2.75) is 30.6 Å². The number of ether oxygens (including phenoxy) is 1. The molecule has 0 unspecified atom stereocenters. The second kappa shape index (κ2) is 9.50. The first-order valence-electron chi connectivity index (χ1n) is 9.62. The summed E-state index contributed by atoms with van der Waals surface area (Å²) in [6.45, 7) is 1.05. The normalized spacial score (nSPS) is 14.9. The Hall–Kier alpha value is -2.25. The quantitative estimate of drug-likeness (QED) is 0.687. The number of hydrogen-bond donors (Lipinski definition) is 0. The van der Waals surface area contributed by atoms with E-state index < -0.39 is 10.0 Å². The number of likely N-dealkylation sites (tertiary alicyclic amines) is 1. The Morgan fingerprint density at radius 3 is 2.31 bits per heavy atom. The molecule has 0 atom stereocenters. The third-order valence-corrected chi connectivity index (χ3v) is 7.00. The van der Waals surface area contributed by atoms with Crippen LogP contribution < -0.4 is 9.04 Å². The summed E-state index contributed by atoms with van der Waals surface area (Å²) in [6, 6.07) is 12.6. The molecule has 1 aliphatic heterocycles. The zero-order valence-electron chi connectivity index (χ0n) is 16.4. The number of nitrogens with zero attached hydrogens (tertiary/aromatic N) is 2. The van der Waals surface area contributed by atoms with E-state index in [-0.39, 0.29) is 17.3 Å². The van der Waals surface area contributed by atoms with Crippen molar-refractivity contribution in [2.75, 3.05) is 31.0 Å². The first-order valence-corrected chi connectivity index (χ1v) is 11.4. The van der Waals surface area contributed by atoms with Crippen LogP contribution in [0.2, 0.25) is 5.02 Å². The largest absolute Gasteiger partial charge is 0.497 e. The van der Waals surface area contributed by atoms with E-state index in [9.17, 15) is 13.2 Å². The lowest BCUT2D eigenvalue weighted by Gasteiger charge is -2.28. The van der Waals surface area contributed by atoms with Crippen LogP contribution in [0.4, 0.5) is 5.69 Å². The molecule has 0 aliphatic carbocycles. The predicted molar refractivity (Wildman–Crippen MR) is 114 cm³/mol. The van der Waals surface area contributed by atoms with Gasteiger partial charge in [0.15, 0.2) is 0 Å². The van der Waals surface area contributed by atoms with Gasteiger partial charge in [-0.15, -0.1) is 0 Å². The zero-order chi connectivity index (χ0) is 20.9. The minimum absolute atomic E-state index is 0.0851. The highest BCUT2D eigenvalue weighted by atomic mass is 35.5. The monoisotopic (exact) mass is 436 g/mol. The van der Waals surface area contributed by atoms with Gasteiger partial charge >= 0.3 is 0 Å². The second-order valence-corrected chi connectivity index (χ2v) is 9.26. The molecule has 2 aromatic carbocycles. The maximum Gasteiger partial charge on any atom is 0.264 e. The summed E-state index contributed by atoms with van der Waals surface area (Å²) in [7, 11) is -2.45. The smallest absolute Gasteiger partial charge is 0.264 e. The Bertz CT molecular complexity index is 939. The lowest BCUT2D eigenvalue weighted by Crippen LogP contribution is -2.43. The molecule has 0 radical (unpaired) electrons. The van der Waals surface area contributed by atoms with Crippen molar-refractivity contribution in [1.82, 2.24) is 4.90 Å². The number of hydrogen-bond acceptors (Lipinski definition) is 4. The summed E-state index contributed by atoms with van der Waals surface area (Å²) < 4.78 is 33.0. The van der Waals surface area contributed by atoms with Crippen LogP contribution in [0.15, 0.2) is 53.4 Å². The van der Waals surface area contributed by atoms with Gasteiger partial charge in [0, 0.05) is 18.1 Å². The molecule has 0 aromatic heterocycles. The Morgan fingerprint density at radius 1 is 1.07 bits per heavy atom.